The first-order valence-electron chi connectivity index (χ1n) is 8.89. The predicted octanol–water partition coefficient (Wildman–Crippen LogP) is 3.70. The smallest absolute Gasteiger partial charge is 0.244 e. The number of hydrogen-bond acceptors (Lipinski definition) is 6. The summed E-state index contributed by atoms with van der Waals surface area (Å²) >= 11 is 0. The van der Waals surface area contributed by atoms with E-state index >= 15 is 0 Å². The molecular formula is C22H22N2O5. The summed E-state index contributed by atoms with van der Waals surface area (Å²) in [6.45, 7) is 0.370. The fraction of sp³-hybridized carbons (Fsp3) is 0.182. The van der Waals surface area contributed by atoms with Crippen LogP contribution in [-0.4, -0.2) is 32.2 Å². The maximum atomic E-state index is 12.2. The molecule has 2 heterocycles. The number of methoxy groups -OCH3 is 3. The van der Waals surface area contributed by atoms with Crippen LogP contribution in [0.1, 0.15) is 11.1 Å². The normalized spacial score (nSPS) is 10.7. The molecule has 0 aliphatic carbocycles. The van der Waals surface area contributed by atoms with Crippen LogP contribution in [0.25, 0.3) is 17.5 Å². The van der Waals surface area contributed by atoms with Gasteiger partial charge < -0.3 is 23.9 Å². The second-order valence-electron chi connectivity index (χ2n) is 6.04. The Bertz CT molecular complexity index is 971. The van der Waals surface area contributed by atoms with Crippen molar-refractivity contribution in [3.05, 3.63) is 66.1 Å². The lowest BCUT2D eigenvalue weighted by Gasteiger charge is -2.12. The van der Waals surface area contributed by atoms with Gasteiger partial charge in [-0.25, -0.2) is 0 Å². The molecule has 0 atom stereocenters. The number of benzene rings is 1. The highest BCUT2D eigenvalue weighted by atomic mass is 16.5. The lowest BCUT2D eigenvalue weighted by Crippen LogP contribution is -2.20. The van der Waals surface area contributed by atoms with Gasteiger partial charge in [-0.2, -0.15) is 0 Å². The Morgan fingerprint density at radius 3 is 2.48 bits per heavy atom. The van der Waals surface area contributed by atoms with Crippen molar-refractivity contribution in [2.75, 3.05) is 21.3 Å². The standard InChI is InChI=1S/C22H22N2O5/c1-26-19-12-15(13-20(27-2)22(19)28-3)6-7-21(25)24-14-16-8-9-23-17(11-16)18-5-4-10-29-18/h4-13H,14H2,1-3H3,(H,24,25). The number of ether oxygens (including phenoxy) is 3. The van der Waals surface area contributed by atoms with Gasteiger partial charge in [0.25, 0.3) is 0 Å². The predicted molar refractivity (Wildman–Crippen MR) is 109 cm³/mol. The third-order valence-electron chi connectivity index (χ3n) is 4.18. The lowest BCUT2D eigenvalue weighted by atomic mass is 10.1. The van der Waals surface area contributed by atoms with Crippen molar-refractivity contribution in [3.63, 3.8) is 0 Å². The first-order valence-corrected chi connectivity index (χ1v) is 8.89. The van der Waals surface area contributed by atoms with Gasteiger partial charge in [-0.15, -0.1) is 0 Å². The molecule has 7 nitrogen and oxygen atoms in total. The maximum Gasteiger partial charge on any atom is 0.244 e. The van der Waals surface area contributed by atoms with Gasteiger partial charge in [-0.05, 0) is 53.6 Å². The Labute approximate surface area is 168 Å². The number of pyridine rings is 1. The summed E-state index contributed by atoms with van der Waals surface area (Å²) in [5.41, 5.74) is 2.38. The molecule has 1 amide bonds. The van der Waals surface area contributed by atoms with Gasteiger partial charge in [0.1, 0.15) is 5.69 Å². The maximum absolute atomic E-state index is 12.2. The first kappa shape index (κ1) is 20.0. The van der Waals surface area contributed by atoms with E-state index in [0.717, 1.165) is 16.8 Å². The molecular weight excluding hydrogens is 372 g/mol. The van der Waals surface area contributed by atoms with Crippen molar-refractivity contribution in [2.24, 2.45) is 0 Å². The summed E-state index contributed by atoms with van der Waals surface area (Å²) in [6, 6.07) is 10.9. The summed E-state index contributed by atoms with van der Waals surface area (Å²) < 4.78 is 21.3. The van der Waals surface area contributed by atoms with Crippen molar-refractivity contribution in [3.8, 4) is 28.7 Å². The molecule has 0 aliphatic rings. The van der Waals surface area contributed by atoms with Crippen LogP contribution < -0.4 is 19.5 Å². The second kappa shape index (κ2) is 9.45. The minimum Gasteiger partial charge on any atom is -0.493 e. The molecule has 150 valence electrons. The summed E-state index contributed by atoms with van der Waals surface area (Å²) in [6.07, 6.45) is 6.42. The van der Waals surface area contributed by atoms with Crippen LogP contribution in [0, 0.1) is 0 Å². The quantitative estimate of drug-likeness (QED) is 0.587. The van der Waals surface area contributed by atoms with E-state index in [1.807, 2.05) is 18.2 Å². The summed E-state index contributed by atoms with van der Waals surface area (Å²) in [7, 11) is 4.63. The van der Waals surface area contributed by atoms with Gasteiger partial charge in [0.15, 0.2) is 17.3 Å². The Kier molecular flexibility index (Phi) is 6.52. The highest BCUT2D eigenvalue weighted by molar-refractivity contribution is 5.91. The number of carbonyl (C=O) groups is 1. The lowest BCUT2D eigenvalue weighted by molar-refractivity contribution is -0.116. The zero-order chi connectivity index (χ0) is 20.6. The zero-order valence-electron chi connectivity index (χ0n) is 16.5. The first-order chi connectivity index (χ1) is 14.1. The third-order valence-corrected chi connectivity index (χ3v) is 4.18. The van der Waals surface area contributed by atoms with E-state index in [9.17, 15) is 4.79 Å². The van der Waals surface area contributed by atoms with Crippen LogP contribution in [0.3, 0.4) is 0 Å². The van der Waals surface area contributed by atoms with Gasteiger partial charge in [0, 0.05) is 18.8 Å². The van der Waals surface area contributed by atoms with E-state index in [4.69, 9.17) is 18.6 Å². The van der Waals surface area contributed by atoms with Crippen LogP contribution in [0.5, 0.6) is 17.2 Å². The minimum atomic E-state index is -0.227. The third kappa shape index (κ3) is 4.95. The van der Waals surface area contributed by atoms with Crippen molar-refractivity contribution in [1.29, 1.82) is 0 Å². The summed E-state index contributed by atoms with van der Waals surface area (Å²) in [5.74, 6) is 2.00. The molecule has 1 N–H and O–H groups in total. The summed E-state index contributed by atoms with van der Waals surface area (Å²) in [4.78, 5) is 16.5. The molecule has 0 bridgehead atoms. The average molecular weight is 394 g/mol. The highest BCUT2D eigenvalue weighted by Crippen LogP contribution is 2.38. The molecule has 7 heteroatoms. The molecule has 0 saturated carbocycles. The fourth-order valence-electron chi connectivity index (χ4n) is 2.76. The minimum absolute atomic E-state index is 0.227. The monoisotopic (exact) mass is 394 g/mol. The Morgan fingerprint density at radius 1 is 1.10 bits per heavy atom. The topological polar surface area (TPSA) is 82.8 Å². The number of carbonyl (C=O) groups excluding carboxylic acids is 1. The molecule has 0 saturated heterocycles. The van der Waals surface area contributed by atoms with Crippen molar-refractivity contribution < 1.29 is 23.4 Å². The Hall–Kier alpha value is -3.74. The number of aromatic nitrogens is 1. The van der Waals surface area contributed by atoms with E-state index in [0.29, 0.717) is 29.6 Å². The number of amides is 1. The number of rotatable bonds is 8. The second-order valence-corrected chi connectivity index (χ2v) is 6.04. The summed E-state index contributed by atoms with van der Waals surface area (Å²) in [5, 5.41) is 2.85. The molecule has 0 fully saturated rings. The van der Waals surface area contributed by atoms with Crippen molar-refractivity contribution in [1.82, 2.24) is 10.3 Å². The van der Waals surface area contributed by atoms with Gasteiger partial charge in [0.2, 0.25) is 11.7 Å². The van der Waals surface area contributed by atoms with Crippen LogP contribution in [0.15, 0.2) is 59.4 Å². The molecule has 3 rings (SSSR count). The van der Waals surface area contributed by atoms with Crippen molar-refractivity contribution >= 4 is 12.0 Å². The molecule has 0 aliphatic heterocycles. The number of furan rings is 1. The number of hydrogen-bond donors (Lipinski definition) is 1. The van der Waals surface area contributed by atoms with Crippen LogP contribution in [0.4, 0.5) is 0 Å². The zero-order valence-corrected chi connectivity index (χ0v) is 16.5. The molecule has 1 aromatic carbocycles. The Balaban J connectivity index is 1.65. The molecule has 0 spiro atoms. The average Bonchev–Trinajstić information content (AvgIpc) is 3.30. The molecule has 0 radical (unpaired) electrons. The van der Waals surface area contributed by atoms with E-state index in [2.05, 4.69) is 10.3 Å². The molecule has 29 heavy (non-hydrogen) atoms. The van der Waals surface area contributed by atoms with Crippen LogP contribution in [0.2, 0.25) is 0 Å². The van der Waals surface area contributed by atoms with Gasteiger partial charge in [-0.3, -0.25) is 9.78 Å². The van der Waals surface area contributed by atoms with E-state index in [-0.39, 0.29) is 5.91 Å². The largest absolute Gasteiger partial charge is 0.493 e. The van der Waals surface area contributed by atoms with Gasteiger partial charge in [0.05, 0.1) is 27.6 Å². The van der Waals surface area contributed by atoms with Gasteiger partial charge in [-0.1, -0.05) is 0 Å². The van der Waals surface area contributed by atoms with Crippen molar-refractivity contribution in [2.45, 2.75) is 6.54 Å². The molecule has 3 aromatic rings. The number of nitrogens with zero attached hydrogens (tertiary/aromatic N) is 1. The van der Waals surface area contributed by atoms with Gasteiger partial charge >= 0.3 is 0 Å². The SMILES string of the molecule is COc1cc(C=CC(=O)NCc2ccnc(-c3ccco3)c2)cc(OC)c1OC. The molecule has 0 unspecified atom stereocenters. The van der Waals surface area contributed by atoms with E-state index < -0.39 is 0 Å². The van der Waals surface area contributed by atoms with E-state index in [1.54, 1.807) is 58.1 Å². The highest BCUT2D eigenvalue weighted by Gasteiger charge is 2.12. The van der Waals surface area contributed by atoms with Crippen LogP contribution >= 0.6 is 0 Å². The number of nitrogens with one attached hydrogen (secondary N) is 1. The Morgan fingerprint density at radius 2 is 1.86 bits per heavy atom. The molecule has 2 aromatic heterocycles. The fourth-order valence-corrected chi connectivity index (χ4v) is 2.76. The van der Waals surface area contributed by atoms with Crippen LogP contribution in [-0.2, 0) is 11.3 Å². The van der Waals surface area contributed by atoms with E-state index in [1.165, 1.54) is 6.08 Å².